The first-order valence-corrected chi connectivity index (χ1v) is 6.26. The van der Waals surface area contributed by atoms with Crippen molar-refractivity contribution in [3.8, 4) is 0 Å². The van der Waals surface area contributed by atoms with Crippen molar-refractivity contribution in [3.05, 3.63) is 18.0 Å². The molecule has 2 rings (SSSR count). The van der Waals surface area contributed by atoms with Gasteiger partial charge in [0.15, 0.2) is 0 Å². The van der Waals surface area contributed by atoms with Crippen LogP contribution in [0.2, 0.25) is 0 Å². The van der Waals surface area contributed by atoms with Crippen molar-refractivity contribution in [1.29, 1.82) is 0 Å². The zero-order chi connectivity index (χ0) is 12.3. The Kier molecular flexibility index (Phi) is 4.15. The van der Waals surface area contributed by atoms with Crippen molar-refractivity contribution in [2.24, 2.45) is 18.8 Å². The Labute approximate surface area is 102 Å². The summed E-state index contributed by atoms with van der Waals surface area (Å²) in [6, 6.07) is 0.327. The summed E-state index contributed by atoms with van der Waals surface area (Å²) in [5.74, 6) is 6.18. The Morgan fingerprint density at radius 1 is 1.71 bits per heavy atom. The lowest BCUT2D eigenvalue weighted by Gasteiger charge is -2.24. The molecule has 3 unspecified atom stereocenters. The van der Waals surface area contributed by atoms with Crippen LogP contribution in [0.25, 0.3) is 0 Å². The van der Waals surface area contributed by atoms with Gasteiger partial charge in [0, 0.05) is 31.8 Å². The van der Waals surface area contributed by atoms with E-state index in [-0.39, 0.29) is 0 Å². The third-order valence-corrected chi connectivity index (χ3v) is 3.67. The number of nitrogens with zero attached hydrogens (tertiary/aromatic N) is 2. The molecular formula is C12H22N4O. The zero-order valence-electron chi connectivity index (χ0n) is 10.6. The maximum Gasteiger partial charge on any atom is 0.0591 e. The van der Waals surface area contributed by atoms with Crippen LogP contribution < -0.4 is 11.3 Å². The third kappa shape index (κ3) is 3.06. The molecule has 0 aliphatic carbocycles. The summed E-state index contributed by atoms with van der Waals surface area (Å²) in [5.41, 5.74) is 4.21. The van der Waals surface area contributed by atoms with Crippen LogP contribution in [0.1, 0.15) is 25.3 Å². The van der Waals surface area contributed by atoms with Crippen molar-refractivity contribution in [1.82, 2.24) is 15.2 Å². The first-order chi connectivity index (χ1) is 8.20. The highest BCUT2D eigenvalue weighted by Gasteiger charge is 2.30. The molecule has 2 heterocycles. The van der Waals surface area contributed by atoms with Gasteiger partial charge in [0.05, 0.1) is 12.3 Å². The molecule has 0 amide bonds. The van der Waals surface area contributed by atoms with E-state index >= 15 is 0 Å². The molecule has 1 aromatic rings. The van der Waals surface area contributed by atoms with Crippen LogP contribution in [0.3, 0.4) is 0 Å². The van der Waals surface area contributed by atoms with Crippen LogP contribution in [-0.4, -0.2) is 28.5 Å². The van der Waals surface area contributed by atoms with Gasteiger partial charge in [0.25, 0.3) is 0 Å². The normalized spacial score (nSPS) is 26.3. The molecule has 1 aliphatic heterocycles. The number of hydrogen-bond acceptors (Lipinski definition) is 4. The van der Waals surface area contributed by atoms with Gasteiger partial charge < -0.3 is 4.74 Å². The standard InChI is InChI=1S/C12H22N4O/c1-9-11(5-6-17-9)12(15-13)4-3-10-7-14-16(2)8-10/h7-9,11-12,15H,3-6,13H2,1-2H3. The second-order valence-electron chi connectivity index (χ2n) is 4.86. The van der Waals surface area contributed by atoms with E-state index in [4.69, 9.17) is 10.6 Å². The predicted octanol–water partition coefficient (Wildman–Crippen LogP) is 0.610. The SMILES string of the molecule is CC1OCCC1C(CCc1cnn(C)c1)NN. The number of rotatable bonds is 5. The lowest BCUT2D eigenvalue weighted by molar-refractivity contribution is 0.0943. The van der Waals surface area contributed by atoms with Crippen molar-refractivity contribution in [3.63, 3.8) is 0 Å². The molecule has 96 valence electrons. The molecule has 1 fully saturated rings. The molecule has 0 radical (unpaired) electrons. The summed E-state index contributed by atoms with van der Waals surface area (Å²) in [7, 11) is 1.94. The fraction of sp³-hybridized carbons (Fsp3) is 0.750. The van der Waals surface area contributed by atoms with Crippen LogP contribution in [0.15, 0.2) is 12.4 Å². The molecule has 3 atom stereocenters. The van der Waals surface area contributed by atoms with Gasteiger partial charge in [0.2, 0.25) is 0 Å². The Bertz CT molecular complexity index is 352. The summed E-state index contributed by atoms with van der Waals surface area (Å²) in [6.45, 7) is 2.99. The number of nitrogens with one attached hydrogen (secondary N) is 1. The van der Waals surface area contributed by atoms with Gasteiger partial charge in [-0.25, -0.2) is 0 Å². The summed E-state index contributed by atoms with van der Waals surface area (Å²) >= 11 is 0. The van der Waals surface area contributed by atoms with Gasteiger partial charge >= 0.3 is 0 Å². The molecule has 0 spiro atoms. The average Bonchev–Trinajstić information content (AvgIpc) is 2.90. The van der Waals surface area contributed by atoms with Crippen LogP contribution in [0.5, 0.6) is 0 Å². The summed E-state index contributed by atoms with van der Waals surface area (Å²) in [6.07, 6.45) is 7.42. The average molecular weight is 238 g/mol. The van der Waals surface area contributed by atoms with Gasteiger partial charge in [-0.1, -0.05) is 0 Å². The molecule has 3 N–H and O–H groups in total. The number of aromatic nitrogens is 2. The van der Waals surface area contributed by atoms with Crippen LogP contribution in [0, 0.1) is 5.92 Å². The summed E-state index contributed by atoms with van der Waals surface area (Å²) in [4.78, 5) is 0. The van der Waals surface area contributed by atoms with Gasteiger partial charge in [-0.2, -0.15) is 5.10 Å². The van der Waals surface area contributed by atoms with E-state index in [2.05, 4.69) is 23.6 Å². The van der Waals surface area contributed by atoms with Crippen molar-refractivity contribution in [2.75, 3.05) is 6.61 Å². The Balaban J connectivity index is 1.87. The van der Waals surface area contributed by atoms with E-state index in [9.17, 15) is 0 Å². The molecule has 1 aliphatic rings. The molecule has 17 heavy (non-hydrogen) atoms. The smallest absolute Gasteiger partial charge is 0.0591 e. The molecule has 0 aromatic carbocycles. The minimum atomic E-state index is 0.310. The van der Waals surface area contributed by atoms with Gasteiger partial charge in [-0.3, -0.25) is 16.0 Å². The Hall–Kier alpha value is -0.910. The van der Waals surface area contributed by atoms with Crippen LogP contribution in [0.4, 0.5) is 0 Å². The van der Waals surface area contributed by atoms with Crippen LogP contribution >= 0.6 is 0 Å². The highest BCUT2D eigenvalue weighted by molar-refractivity contribution is 5.04. The number of hydrazine groups is 1. The van der Waals surface area contributed by atoms with Crippen LogP contribution in [-0.2, 0) is 18.2 Å². The van der Waals surface area contributed by atoms with Crippen molar-refractivity contribution in [2.45, 2.75) is 38.3 Å². The number of hydrogen-bond donors (Lipinski definition) is 2. The lowest BCUT2D eigenvalue weighted by atomic mass is 9.90. The largest absolute Gasteiger partial charge is 0.378 e. The monoisotopic (exact) mass is 238 g/mol. The first-order valence-electron chi connectivity index (χ1n) is 6.26. The molecule has 0 saturated carbocycles. The van der Waals surface area contributed by atoms with E-state index in [1.807, 2.05) is 17.9 Å². The second-order valence-corrected chi connectivity index (χ2v) is 4.86. The predicted molar refractivity (Wildman–Crippen MR) is 66.2 cm³/mol. The number of nitrogens with two attached hydrogens (primary N) is 1. The topological polar surface area (TPSA) is 65.1 Å². The van der Waals surface area contributed by atoms with E-state index in [1.54, 1.807) is 0 Å². The number of aryl methyl sites for hydroxylation is 2. The summed E-state index contributed by atoms with van der Waals surface area (Å²) in [5, 5.41) is 4.17. The molecule has 0 bridgehead atoms. The zero-order valence-corrected chi connectivity index (χ0v) is 10.6. The second kappa shape index (κ2) is 5.62. The van der Waals surface area contributed by atoms with E-state index in [0.29, 0.717) is 18.1 Å². The van der Waals surface area contributed by atoms with E-state index in [0.717, 1.165) is 25.9 Å². The Morgan fingerprint density at radius 3 is 3.06 bits per heavy atom. The molecule has 1 saturated heterocycles. The Morgan fingerprint density at radius 2 is 2.53 bits per heavy atom. The maximum atomic E-state index is 5.66. The van der Waals surface area contributed by atoms with Gasteiger partial charge in [-0.05, 0) is 31.7 Å². The molecule has 1 aromatic heterocycles. The molecule has 5 heteroatoms. The summed E-state index contributed by atoms with van der Waals surface area (Å²) < 4.78 is 7.43. The highest BCUT2D eigenvalue weighted by Crippen LogP contribution is 2.25. The van der Waals surface area contributed by atoms with E-state index < -0.39 is 0 Å². The highest BCUT2D eigenvalue weighted by atomic mass is 16.5. The van der Waals surface area contributed by atoms with Gasteiger partial charge in [-0.15, -0.1) is 0 Å². The molecular weight excluding hydrogens is 216 g/mol. The minimum absolute atomic E-state index is 0.310. The number of ether oxygens (including phenoxy) is 1. The fourth-order valence-electron chi connectivity index (χ4n) is 2.62. The van der Waals surface area contributed by atoms with Crippen molar-refractivity contribution < 1.29 is 4.74 Å². The minimum Gasteiger partial charge on any atom is -0.378 e. The van der Waals surface area contributed by atoms with Crippen molar-refractivity contribution >= 4 is 0 Å². The first kappa shape index (κ1) is 12.5. The third-order valence-electron chi connectivity index (χ3n) is 3.67. The quantitative estimate of drug-likeness (QED) is 0.583. The van der Waals surface area contributed by atoms with Gasteiger partial charge in [0.1, 0.15) is 0 Å². The molecule has 5 nitrogen and oxygen atoms in total. The lowest BCUT2D eigenvalue weighted by Crippen LogP contribution is -2.43. The van der Waals surface area contributed by atoms with E-state index in [1.165, 1.54) is 5.56 Å². The maximum absolute atomic E-state index is 5.66. The fourth-order valence-corrected chi connectivity index (χ4v) is 2.62.